The number of sulfonamides is 1. The lowest BCUT2D eigenvalue weighted by molar-refractivity contribution is 0.569. The number of halogens is 2. The third-order valence-electron chi connectivity index (χ3n) is 2.64. The van der Waals surface area contributed by atoms with Gasteiger partial charge in [-0.2, -0.15) is 0 Å². The zero-order chi connectivity index (χ0) is 14.8. The quantitative estimate of drug-likeness (QED) is 0.909. The molecule has 0 heterocycles. The summed E-state index contributed by atoms with van der Waals surface area (Å²) in [4.78, 5) is -0.540. The second-order valence-corrected chi connectivity index (χ2v) is 5.71. The van der Waals surface area contributed by atoms with Crippen LogP contribution in [0.5, 0.6) is 0 Å². The number of nitrogens with two attached hydrogens (primary N) is 1. The summed E-state index contributed by atoms with van der Waals surface area (Å²) in [5.41, 5.74) is 5.62. The summed E-state index contributed by atoms with van der Waals surface area (Å²) in [6.45, 7) is 0.136. The smallest absolute Gasteiger partial charge is 0.264 e. The molecule has 0 saturated heterocycles. The average Bonchev–Trinajstić information content (AvgIpc) is 2.41. The van der Waals surface area contributed by atoms with Gasteiger partial charge >= 0.3 is 0 Å². The maximum atomic E-state index is 13.7. The van der Waals surface area contributed by atoms with Crippen LogP contribution < -0.4 is 10.5 Å². The van der Waals surface area contributed by atoms with Gasteiger partial charge < -0.3 is 5.73 Å². The van der Waals surface area contributed by atoms with Gasteiger partial charge in [0.25, 0.3) is 10.0 Å². The first-order valence-corrected chi connectivity index (χ1v) is 7.18. The molecule has 0 amide bonds. The van der Waals surface area contributed by atoms with Gasteiger partial charge in [-0.1, -0.05) is 18.2 Å². The zero-order valence-electron chi connectivity index (χ0n) is 10.3. The second kappa shape index (κ2) is 5.56. The highest BCUT2D eigenvalue weighted by atomic mass is 32.2. The van der Waals surface area contributed by atoms with Gasteiger partial charge in [0, 0.05) is 6.54 Å². The summed E-state index contributed by atoms with van der Waals surface area (Å²) in [6.07, 6.45) is 0. The van der Waals surface area contributed by atoms with Crippen molar-refractivity contribution in [1.29, 1.82) is 0 Å². The van der Waals surface area contributed by atoms with E-state index < -0.39 is 26.6 Å². The van der Waals surface area contributed by atoms with Crippen molar-refractivity contribution >= 4 is 15.7 Å². The van der Waals surface area contributed by atoms with E-state index in [4.69, 9.17) is 5.73 Å². The van der Waals surface area contributed by atoms with E-state index >= 15 is 0 Å². The molecule has 106 valence electrons. The molecule has 3 N–H and O–H groups in total. The van der Waals surface area contributed by atoms with E-state index in [-0.39, 0.29) is 12.2 Å². The molecule has 7 heteroatoms. The van der Waals surface area contributed by atoms with Crippen molar-refractivity contribution in [3.63, 3.8) is 0 Å². The van der Waals surface area contributed by atoms with Crippen molar-refractivity contribution in [1.82, 2.24) is 0 Å². The Hall–Kier alpha value is -1.99. The lowest BCUT2D eigenvalue weighted by atomic mass is 10.2. The van der Waals surface area contributed by atoms with Crippen LogP contribution in [-0.4, -0.2) is 8.42 Å². The van der Waals surface area contributed by atoms with E-state index in [0.29, 0.717) is 5.56 Å². The monoisotopic (exact) mass is 298 g/mol. The van der Waals surface area contributed by atoms with E-state index in [2.05, 4.69) is 0 Å². The fourth-order valence-corrected chi connectivity index (χ4v) is 2.78. The Bertz CT molecular complexity index is 733. The molecule has 0 fully saturated rings. The Morgan fingerprint density at radius 2 is 1.75 bits per heavy atom. The predicted molar refractivity (Wildman–Crippen MR) is 71.5 cm³/mol. The molecule has 0 aromatic heterocycles. The van der Waals surface area contributed by atoms with Crippen molar-refractivity contribution in [2.75, 3.05) is 4.72 Å². The maximum absolute atomic E-state index is 13.7. The molecule has 0 saturated carbocycles. The van der Waals surface area contributed by atoms with E-state index in [1.165, 1.54) is 24.3 Å². The molecule has 4 nitrogen and oxygen atoms in total. The van der Waals surface area contributed by atoms with Crippen LogP contribution in [0.1, 0.15) is 5.56 Å². The van der Waals surface area contributed by atoms with Gasteiger partial charge in [0.1, 0.15) is 16.5 Å². The summed E-state index contributed by atoms with van der Waals surface area (Å²) < 4.78 is 53.2. The fraction of sp³-hybridized carbons (Fsp3) is 0.0769. The molecule has 0 spiro atoms. The van der Waals surface area contributed by atoms with Gasteiger partial charge in [0.05, 0.1) is 5.69 Å². The van der Waals surface area contributed by atoms with Crippen LogP contribution in [0.3, 0.4) is 0 Å². The molecule has 0 atom stereocenters. The number of nitrogens with one attached hydrogen (secondary N) is 1. The summed E-state index contributed by atoms with van der Waals surface area (Å²) in [6, 6.07) is 8.72. The summed E-state index contributed by atoms with van der Waals surface area (Å²) in [5.74, 6) is -1.67. The van der Waals surface area contributed by atoms with E-state index in [1.54, 1.807) is 0 Å². The predicted octanol–water partition coefficient (Wildman–Crippen LogP) is 2.22. The van der Waals surface area contributed by atoms with Gasteiger partial charge in [0.2, 0.25) is 0 Å². The molecule has 20 heavy (non-hydrogen) atoms. The highest BCUT2D eigenvalue weighted by Crippen LogP contribution is 2.21. The van der Waals surface area contributed by atoms with Gasteiger partial charge in [0.15, 0.2) is 0 Å². The minimum absolute atomic E-state index is 0.136. The van der Waals surface area contributed by atoms with Crippen molar-refractivity contribution < 1.29 is 17.2 Å². The Morgan fingerprint density at radius 3 is 2.35 bits per heavy atom. The zero-order valence-corrected chi connectivity index (χ0v) is 11.1. The van der Waals surface area contributed by atoms with Crippen molar-refractivity contribution in [3.8, 4) is 0 Å². The molecular weight excluding hydrogens is 286 g/mol. The highest BCUT2D eigenvalue weighted by Gasteiger charge is 2.20. The Labute approximate surface area is 115 Å². The van der Waals surface area contributed by atoms with Crippen molar-refractivity contribution in [3.05, 3.63) is 59.7 Å². The largest absolute Gasteiger partial charge is 0.326 e. The standard InChI is InChI=1S/C13H12F2N2O2S/c14-10-3-1-2-4-13(10)20(18,19)17-12-6-5-9(8-16)7-11(12)15/h1-7,17H,8,16H2. The average molecular weight is 298 g/mol. The van der Waals surface area contributed by atoms with Gasteiger partial charge in [-0.05, 0) is 29.8 Å². The normalized spacial score (nSPS) is 11.3. The molecule has 0 radical (unpaired) electrons. The van der Waals surface area contributed by atoms with Gasteiger partial charge in [-0.3, -0.25) is 4.72 Å². The molecule has 2 aromatic carbocycles. The van der Waals surface area contributed by atoms with Crippen molar-refractivity contribution in [2.45, 2.75) is 11.4 Å². The van der Waals surface area contributed by atoms with Crippen LogP contribution >= 0.6 is 0 Å². The third kappa shape index (κ3) is 2.94. The number of hydrogen-bond donors (Lipinski definition) is 2. The van der Waals surface area contributed by atoms with Crippen LogP contribution in [0.25, 0.3) is 0 Å². The molecular formula is C13H12F2N2O2S. The molecule has 2 aromatic rings. The molecule has 0 aliphatic carbocycles. The lowest BCUT2D eigenvalue weighted by Gasteiger charge is -2.10. The maximum Gasteiger partial charge on any atom is 0.264 e. The van der Waals surface area contributed by atoms with Gasteiger partial charge in [-0.25, -0.2) is 17.2 Å². The molecule has 0 unspecified atom stereocenters. The minimum Gasteiger partial charge on any atom is -0.326 e. The number of rotatable bonds is 4. The fourth-order valence-electron chi connectivity index (χ4n) is 1.63. The minimum atomic E-state index is -4.18. The number of anilines is 1. The Kier molecular flexibility index (Phi) is 4.01. The van der Waals surface area contributed by atoms with Gasteiger partial charge in [-0.15, -0.1) is 0 Å². The first-order chi connectivity index (χ1) is 9.44. The topological polar surface area (TPSA) is 72.2 Å². The van der Waals surface area contributed by atoms with Crippen LogP contribution in [0.2, 0.25) is 0 Å². The summed E-state index contributed by atoms with van der Waals surface area (Å²) in [7, 11) is -4.18. The van der Waals surface area contributed by atoms with Crippen molar-refractivity contribution in [2.24, 2.45) is 5.73 Å². The molecule has 2 rings (SSSR count). The van der Waals surface area contributed by atoms with Crippen LogP contribution in [0, 0.1) is 11.6 Å². The van der Waals surface area contributed by atoms with Crippen LogP contribution in [-0.2, 0) is 16.6 Å². The molecule has 0 aliphatic heterocycles. The summed E-state index contributed by atoms with van der Waals surface area (Å²) in [5, 5.41) is 0. The summed E-state index contributed by atoms with van der Waals surface area (Å²) >= 11 is 0. The second-order valence-electron chi connectivity index (χ2n) is 4.05. The molecule has 0 bridgehead atoms. The van der Waals surface area contributed by atoms with Crippen LogP contribution in [0.4, 0.5) is 14.5 Å². The van der Waals surface area contributed by atoms with E-state index in [1.807, 2.05) is 4.72 Å². The van der Waals surface area contributed by atoms with E-state index in [0.717, 1.165) is 18.2 Å². The number of benzene rings is 2. The first-order valence-electron chi connectivity index (χ1n) is 5.70. The Morgan fingerprint density at radius 1 is 1.05 bits per heavy atom. The lowest BCUT2D eigenvalue weighted by Crippen LogP contribution is -2.15. The van der Waals surface area contributed by atoms with E-state index in [9.17, 15) is 17.2 Å². The highest BCUT2D eigenvalue weighted by molar-refractivity contribution is 7.92. The third-order valence-corrected chi connectivity index (χ3v) is 4.04. The van der Waals surface area contributed by atoms with Crippen LogP contribution in [0.15, 0.2) is 47.4 Å². The molecule has 0 aliphatic rings. The Balaban J connectivity index is 2.36. The number of hydrogen-bond acceptors (Lipinski definition) is 3. The SMILES string of the molecule is NCc1ccc(NS(=O)(=O)c2ccccc2F)c(F)c1. The first kappa shape index (κ1) is 14.4.